The number of amides is 3. The van der Waals surface area contributed by atoms with Gasteiger partial charge in [-0.05, 0) is 24.1 Å². The molecular formula is C14H16Cl2N2O4. The number of benzene rings is 1. The van der Waals surface area contributed by atoms with Crippen LogP contribution in [0.15, 0.2) is 18.2 Å². The summed E-state index contributed by atoms with van der Waals surface area (Å²) < 4.78 is 4.78. The molecule has 0 aromatic heterocycles. The minimum atomic E-state index is -0.698. The van der Waals surface area contributed by atoms with Crippen LogP contribution in [0.5, 0.6) is 0 Å². The van der Waals surface area contributed by atoms with Crippen molar-refractivity contribution in [3.63, 3.8) is 0 Å². The maximum absolute atomic E-state index is 11.6. The van der Waals surface area contributed by atoms with Crippen LogP contribution in [-0.4, -0.2) is 31.1 Å². The number of ether oxygens (including phenoxy) is 1. The van der Waals surface area contributed by atoms with Crippen LogP contribution >= 0.6 is 23.2 Å². The van der Waals surface area contributed by atoms with E-state index in [0.29, 0.717) is 22.2 Å². The zero-order valence-corrected chi connectivity index (χ0v) is 13.5. The fourth-order valence-corrected chi connectivity index (χ4v) is 1.78. The van der Waals surface area contributed by atoms with Crippen molar-refractivity contribution in [2.45, 2.75) is 19.8 Å². The van der Waals surface area contributed by atoms with Crippen LogP contribution in [0.1, 0.15) is 18.9 Å². The van der Waals surface area contributed by atoms with Crippen LogP contribution in [0.25, 0.3) is 0 Å². The molecule has 0 heterocycles. The van der Waals surface area contributed by atoms with Gasteiger partial charge in [0.25, 0.3) is 5.91 Å². The van der Waals surface area contributed by atoms with E-state index >= 15 is 0 Å². The summed E-state index contributed by atoms with van der Waals surface area (Å²) in [6.07, 6.45) is 0.701. The van der Waals surface area contributed by atoms with Crippen molar-refractivity contribution in [3.05, 3.63) is 33.8 Å². The van der Waals surface area contributed by atoms with Gasteiger partial charge in [-0.15, -0.1) is 0 Å². The second kappa shape index (κ2) is 9.27. The van der Waals surface area contributed by atoms with Crippen molar-refractivity contribution in [2.24, 2.45) is 0 Å². The average Bonchev–Trinajstić information content (AvgIpc) is 2.47. The van der Waals surface area contributed by atoms with Gasteiger partial charge in [-0.25, -0.2) is 4.79 Å². The van der Waals surface area contributed by atoms with E-state index in [9.17, 15) is 14.4 Å². The second-order valence-electron chi connectivity index (χ2n) is 4.39. The fraction of sp³-hybridized carbons (Fsp3) is 0.357. The molecule has 1 aromatic carbocycles. The third kappa shape index (κ3) is 6.78. The van der Waals surface area contributed by atoms with Gasteiger partial charge in [0.1, 0.15) is 0 Å². The topological polar surface area (TPSA) is 84.5 Å². The molecule has 22 heavy (non-hydrogen) atoms. The van der Waals surface area contributed by atoms with E-state index in [0.717, 1.165) is 6.42 Å². The van der Waals surface area contributed by atoms with Crippen molar-refractivity contribution in [2.75, 3.05) is 13.2 Å². The highest BCUT2D eigenvalue weighted by Gasteiger charge is 2.11. The molecule has 1 rings (SSSR count). The molecule has 0 aliphatic heterocycles. The van der Waals surface area contributed by atoms with E-state index in [-0.39, 0.29) is 6.42 Å². The minimum Gasteiger partial charge on any atom is -0.455 e. The van der Waals surface area contributed by atoms with E-state index in [4.69, 9.17) is 27.9 Å². The number of halogens is 2. The first-order valence-electron chi connectivity index (χ1n) is 6.59. The molecule has 6 nitrogen and oxygen atoms in total. The number of hydrogen-bond donors (Lipinski definition) is 2. The van der Waals surface area contributed by atoms with Gasteiger partial charge in [0, 0.05) is 6.54 Å². The molecule has 0 saturated heterocycles. The number of nitrogens with one attached hydrogen (secondary N) is 2. The molecule has 0 aliphatic carbocycles. The minimum absolute atomic E-state index is 0.0494. The van der Waals surface area contributed by atoms with Gasteiger partial charge in [0.2, 0.25) is 0 Å². The predicted molar refractivity (Wildman–Crippen MR) is 83.0 cm³/mol. The van der Waals surface area contributed by atoms with Crippen LogP contribution in [0.2, 0.25) is 10.0 Å². The Morgan fingerprint density at radius 1 is 1.18 bits per heavy atom. The maximum atomic E-state index is 11.6. The van der Waals surface area contributed by atoms with Gasteiger partial charge in [-0.3, -0.25) is 14.9 Å². The second-order valence-corrected chi connectivity index (χ2v) is 5.20. The Morgan fingerprint density at radius 3 is 2.55 bits per heavy atom. The van der Waals surface area contributed by atoms with Crippen molar-refractivity contribution < 1.29 is 19.1 Å². The van der Waals surface area contributed by atoms with E-state index < -0.39 is 24.5 Å². The lowest BCUT2D eigenvalue weighted by molar-refractivity contribution is -0.147. The molecule has 0 fully saturated rings. The van der Waals surface area contributed by atoms with Gasteiger partial charge in [0.05, 0.1) is 16.5 Å². The first-order valence-corrected chi connectivity index (χ1v) is 7.35. The number of imide groups is 1. The Labute approximate surface area is 138 Å². The fourth-order valence-electron chi connectivity index (χ4n) is 1.46. The highest BCUT2D eigenvalue weighted by atomic mass is 35.5. The Balaban J connectivity index is 2.34. The van der Waals surface area contributed by atoms with Gasteiger partial charge in [-0.2, -0.15) is 0 Å². The largest absolute Gasteiger partial charge is 0.455 e. The molecule has 2 N–H and O–H groups in total. The van der Waals surface area contributed by atoms with Crippen molar-refractivity contribution in [1.82, 2.24) is 10.6 Å². The van der Waals surface area contributed by atoms with Gasteiger partial charge >= 0.3 is 12.0 Å². The highest BCUT2D eigenvalue weighted by Crippen LogP contribution is 2.22. The van der Waals surface area contributed by atoms with Crippen LogP contribution in [-0.2, 0) is 20.7 Å². The van der Waals surface area contributed by atoms with Crippen LogP contribution in [0.4, 0.5) is 4.79 Å². The Kier molecular flexibility index (Phi) is 7.70. The highest BCUT2D eigenvalue weighted by molar-refractivity contribution is 6.42. The summed E-state index contributed by atoms with van der Waals surface area (Å²) in [6, 6.07) is 4.13. The van der Waals surface area contributed by atoms with E-state index in [1.807, 2.05) is 12.2 Å². The van der Waals surface area contributed by atoms with Gasteiger partial charge in [-0.1, -0.05) is 36.2 Å². The predicted octanol–water partition coefficient (Wildman–Crippen LogP) is 2.31. The molecule has 0 atom stereocenters. The summed E-state index contributed by atoms with van der Waals surface area (Å²) in [5.41, 5.74) is 0.612. The number of carbonyl (C=O) groups is 3. The zero-order valence-electron chi connectivity index (χ0n) is 11.9. The lowest BCUT2D eigenvalue weighted by atomic mass is 10.1. The smallest absolute Gasteiger partial charge is 0.321 e. The maximum Gasteiger partial charge on any atom is 0.321 e. The third-order valence-corrected chi connectivity index (χ3v) is 3.22. The molecular weight excluding hydrogens is 331 g/mol. The quantitative estimate of drug-likeness (QED) is 0.774. The number of urea groups is 1. The summed E-state index contributed by atoms with van der Waals surface area (Å²) >= 11 is 11.6. The Morgan fingerprint density at radius 2 is 1.91 bits per heavy atom. The SMILES string of the molecule is CCCNC(=O)NC(=O)COC(=O)Cc1ccc(Cl)c(Cl)c1. The van der Waals surface area contributed by atoms with Crippen LogP contribution in [0.3, 0.4) is 0 Å². The summed E-state index contributed by atoms with van der Waals surface area (Å²) in [6.45, 7) is 1.81. The molecule has 0 radical (unpaired) electrons. The molecule has 0 aliphatic rings. The number of esters is 1. The zero-order chi connectivity index (χ0) is 16.5. The molecule has 0 saturated carbocycles. The third-order valence-electron chi connectivity index (χ3n) is 2.49. The monoisotopic (exact) mass is 346 g/mol. The van der Waals surface area contributed by atoms with Crippen molar-refractivity contribution in [3.8, 4) is 0 Å². The van der Waals surface area contributed by atoms with E-state index in [1.54, 1.807) is 18.2 Å². The summed E-state index contributed by atoms with van der Waals surface area (Å²) in [4.78, 5) is 34.2. The molecule has 1 aromatic rings. The number of rotatable bonds is 6. The van der Waals surface area contributed by atoms with Gasteiger partial charge in [0.15, 0.2) is 6.61 Å². The molecule has 0 bridgehead atoms. The molecule has 120 valence electrons. The normalized spacial score (nSPS) is 9.95. The number of hydrogen-bond acceptors (Lipinski definition) is 4. The Bertz CT molecular complexity index is 564. The lowest BCUT2D eigenvalue weighted by Crippen LogP contribution is -2.41. The molecule has 0 spiro atoms. The van der Waals surface area contributed by atoms with E-state index in [1.165, 1.54) is 0 Å². The van der Waals surface area contributed by atoms with Crippen LogP contribution < -0.4 is 10.6 Å². The molecule has 3 amide bonds. The average molecular weight is 347 g/mol. The summed E-state index contributed by atoms with van der Waals surface area (Å²) in [5, 5.41) is 5.23. The number of carbonyl (C=O) groups excluding carboxylic acids is 3. The first kappa shape index (κ1) is 18.3. The van der Waals surface area contributed by atoms with E-state index in [2.05, 4.69) is 5.32 Å². The summed E-state index contributed by atoms with van der Waals surface area (Å²) in [7, 11) is 0. The van der Waals surface area contributed by atoms with Crippen LogP contribution in [0, 0.1) is 0 Å². The standard InChI is InChI=1S/C14H16Cl2N2O4/c1-2-5-17-14(21)18-12(19)8-22-13(20)7-9-3-4-10(15)11(16)6-9/h3-4,6H,2,5,7-8H2,1H3,(H2,17,18,19,21). The van der Waals surface area contributed by atoms with Gasteiger partial charge < -0.3 is 10.1 Å². The summed E-state index contributed by atoms with van der Waals surface area (Å²) in [5.74, 6) is -1.31. The van der Waals surface area contributed by atoms with Crippen molar-refractivity contribution >= 4 is 41.1 Å². The first-order chi connectivity index (χ1) is 10.4. The lowest BCUT2D eigenvalue weighted by Gasteiger charge is -2.07. The Hall–Kier alpha value is -1.79. The molecule has 8 heteroatoms. The van der Waals surface area contributed by atoms with Crippen molar-refractivity contribution in [1.29, 1.82) is 0 Å². The molecule has 0 unspecified atom stereocenters.